The van der Waals surface area contributed by atoms with E-state index in [9.17, 15) is 4.79 Å². The third kappa shape index (κ3) is 1.53. The van der Waals surface area contributed by atoms with Gasteiger partial charge in [0, 0.05) is 11.3 Å². The molecule has 0 fully saturated rings. The normalized spacial score (nSPS) is 13.8. The van der Waals surface area contributed by atoms with Crippen molar-refractivity contribution in [3.63, 3.8) is 0 Å². The van der Waals surface area contributed by atoms with Crippen molar-refractivity contribution in [1.82, 2.24) is 10.2 Å². The maximum absolute atomic E-state index is 11.8. The second-order valence-electron chi connectivity index (χ2n) is 3.81. The van der Waals surface area contributed by atoms with Crippen LogP contribution in [0.4, 0.5) is 5.82 Å². The summed E-state index contributed by atoms with van der Waals surface area (Å²) in [7, 11) is 0. The van der Waals surface area contributed by atoms with Crippen LogP contribution in [0.5, 0.6) is 0 Å². The number of anilines is 1. The predicted octanol–water partition coefficient (Wildman–Crippen LogP) is 2.21. The molecule has 1 amide bonds. The lowest BCUT2D eigenvalue weighted by atomic mass is 10.2. The largest absolute Gasteiger partial charge is 0.304 e. The molecular formula is C11H11N3OS. The molecule has 0 aromatic carbocycles. The number of amides is 1. The minimum Gasteiger partial charge on any atom is -0.304 e. The lowest BCUT2D eigenvalue weighted by Crippen LogP contribution is -2.11. The number of hydrogen-bond acceptors (Lipinski definition) is 3. The van der Waals surface area contributed by atoms with Gasteiger partial charge in [0.1, 0.15) is 0 Å². The van der Waals surface area contributed by atoms with Gasteiger partial charge in [-0.2, -0.15) is 5.10 Å². The lowest BCUT2D eigenvalue weighted by molar-refractivity contribution is 0.103. The van der Waals surface area contributed by atoms with Gasteiger partial charge in [-0.05, 0) is 30.7 Å². The van der Waals surface area contributed by atoms with Crippen LogP contribution in [-0.2, 0) is 12.8 Å². The second-order valence-corrected chi connectivity index (χ2v) is 4.76. The van der Waals surface area contributed by atoms with E-state index in [1.807, 2.05) is 17.5 Å². The van der Waals surface area contributed by atoms with Crippen LogP contribution >= 0.6 is 11.3 Å². The van der Waals surface area contributed by atoms with Gasteiger partial charge >= 0.3 is 0 Å². The zero-order valence-electron chi connectivity index (χ0n) is 8.62. The molecule has 16 heavy (non-hydrogen) atoms. The van der Waals surface area contributed by atoms with Crippen molar-refractivity contribution in [1.29, 1.82) is 0 Å². The quantitative estimate of drug-likeness (QED) is 0.835. The zero-order chi connectivity index (χ0) is 11.0. The Hall–Kier alpha value is -1.62. The van der Waals surface area contributed by atoms with Crippen LogP contribution in [0.2, 0.25) is 0 Å². The van der Waals surface area contributed by atoms with Crippen molar-refractivity contribution in [3.8, 4) is 0 Å². The molecule has 0 atom stereocenters. The number of nitrogens with zero attached hydrogens (tertiary/aromatic N) is 1. The van der Waals surface area contributed by atoms with E-state index in [2.05, 4.69) is 15.5 Å². The number of aryl methyl sites for hydroxylation is 1. The van der Waals surface area contributed by atoms with Crippen molar-refractivity contribution in [2.45, 2.75) is 19.3 Å². The number of H-pyrrole nitrogens is 1. The number of aromatic amines is 1. The Morgan fingerprint density at radius 1 is 1.50 bits per heavy atom. The number of hydrogen-bond donors (Lipinski definition) is 2. The van der Waals surface area contributed by atoms with Gasteiger partial charge in [-0.15, -0.1) is 11.3 Å². The maximum atomic E-state index is 11.8. The van der Waals surface area contributed by atoms with Crippen molar-refractivity contribution >= 4 is 23.1 Å². The maximum Gasteiger partial charge on any atom is 0.266 e. The molecule has 0 aliphatic heterocycles. The van der Waals surface area contributed by atoms with Crippen molar-refractivity contribution < 1.29 is 4.79 Å². The van der Waals surface area contributed by atoms with Gasteiger partial charge < -0.3 is 5.32 Å². The fourth-order valence-corrected chi connectivity index (χ4v) is 2.62. The molecule has 2 heterocycles. The minimum absolute atomic E-state index is 0.0730. The van der Waals surface area contributed by atoms with Crippen LogP contribution < -0.4 is 5.32 Å². The van der Waals surface area contributed by atoms with E-state index in [-0.39, 0.29) is 5.91 Å². The molecule has 82 valence electrons. The molecule has 0 spiro atoms. The van der Waals surface area contributed by atoms with Gasteiger partial charge in [-0.25, -0.2) is 0 Å². The number of carbonyl (C=O) groups excluding carboxylic acids is 1. The summed E-state index contributed by atoms with van der Waals surface area (Å²) in [5.41, 5.74) is 2.34. The van der Waals surface area contributed by atoms with Crippen LogP contribution in [0, 0.1) is 0 Å². The topological polar surface area (TPSA) is 57.8 Å². The standard InChI is InChI=1S/C11H11N3OS/c15-11(9-5-2-6-16-9)12-10-7-3-1-4-8(7)13-14-10/h2,5-6H,1,3-4H2,(H2,12,13,14,15). The van der Waals surface area contributed by atoms with Crippen LogP contribution in [0.1, 0.15) is 27.3 Å². The van der Waals surface area contributed by atoms with E-state index in [0.29, 0.717) is 5.82 Å². The molecule has 0 saturated carbocycles. The summed E-state index contributed by atoms with van der Waals surface area (Å²) in [6.45, 7) is 0. The van der Waals surface area contributed by atoms with Gasteiger partial charge in [-0.1, -0.05) is 6.07 Å². The summed E-state index contributed by atoms with van der Waals surface area (Å²) in [6, 6.07) is 3.68. The fourth-order valence-electron chi connectivity index (χ4n) is 2.00. The van der Waals surface area contributed by atoms with Gasteiger partial charge in [0.2, 0.25) is 0 Å². The predicted molar refractivity (Wildman–Crippen MR) is 62.9 cm³/mol. The molecule has 5 heteroatoms. The van der Waals surface area contributed by atoms with Crippen LogP contribution in [0.15, 0.2) is 17.5 Å². The highest BCUT2D eigenvalue weighted by Gasteiger charge is 2.20. The number of thiophene rings is 1. The van der Waals surface area contributed by atoms with Gasteiger partial charge in [-0.3, -0.25) is 9.89 Å². The van der Waals surface area contributed by atoms with E-state index in [0.717, 1.165) is 24.1 Å². The van der Waals surface area contributed by atoms with Crippen molar-refractivity contribution in [2.75, 3.05) is 5.32 Å². The van der Waals surface area contributed by atoms with Gasteiger partial charge in [0.15, 0.2) is 5.82 Å². The lowest BCUT2D eigenvalue weighted by Gasteiger charge is -2.00. The molecule has 1 aliphatic rings. The van der Waals surface area contributed by atoms with E-state index >= 15 is 0 Å². The first-order valence-electron chi connectivity index (χ1n) is 5.25. The number of nitrogens with one attached hydrogen (secondary N) is 2. The molecule has 2 aromatic rings. The second kappa shape index (κ2) is 3.75. The molecule has 3 rings (SSSR count). The average molecular weight is 233 g/mol. The molecule has 0 unspecified atom stereocenters. The molecule has 0 bridgehead atoms. The Kier molecular flexibility index (Phi) is 2.25. The highest BCUT2D eigenvalue weighted by molar-refractivity contribution is 7.12. The van der Waals surface area contributed by atoms with E-state index in [1.54, 1.807) is 0 Å². The molecule has 0 radical (unpaired) electrons. The number of fused-ring (bicyclic) bond motifs is 1. The Labute approximate surface area is 96.7 Å². The summed E-state index contributed by atoms with van der Waals surface area (Å²) in [5, 5.41) is 11.9. The monoisotopic (exact) mass is 233 g/mol. The van der Waals surface area contributed by atoms with E-state index in [1.165, 1.54) is 22.6 Å². The Morgan fingerprint density at radius 2 is 2.44 bits per heavy atom. The summed E-state index contributed by atoms with van der Waals surface area (Å²) >= 11 is 1.44. The van der Waals surface area contributed by atoms with Crippen LogP contribution in [-0.4, -0.2) is 16.1 Å². The summed E-state index contributed by atoms with van der Waals surface area (Å²) in [4.78, 5) is 12.5. The van der Waals surface area contributed by atoms with Gasteiger partial charge in [0.05, 0.1) is 4.88 Å². The first-order valence-corrected chi connectivity index (χ1v) is 6.13. The number of carbonyl (C=O) groups is 1. The first kappa shape index (κ1) is 9.59. The first-order chi connectivity index (χ1) is 7.84. The molecule has 2 N–H and O–H groups in total. The molecular weight excluding hydrogens is 222 g/mol. The Balaban J connectivity index is 1.82. The third-order valence-corrected chi connectivity index (χ3v) is 3.65. The molecule has 0 saturated heterocycles. The summed E-state index contributed by atoms with van der Waals surface area (Å²) in [5.74, 6) is 0.627. The van der Waals surface area contributed by atoms with Gasteiger partial charge in [0.25, 0.3) is 5.91 Å². The van der Waals surface area contributed by atoms with Crippen LogP contribution in [0.25, 0.3) is 0 Å². The van der Waals surface area contributed by atoms with Crippen molar-refractivity contribution in [3.05, 3.63) is 33.6 Å². The third-order valence-electron chi connectivity index (χ3n) is 2.78. The summed E-state index contributed by atoms with van der Waals surface area (Å²) in [6.07, 6.45) is 3.19. The summed E-state index contributed by atoms with van der Waals surface area (Å²) < 4.78 is 0. The van der Waals surface area contributed by atoms with Crippen LogP contribution in [0.3, 0.4) is 0 Å². The number of aromatic nitrogens is 2. The van der Waals surface area contributed by atoms with Crippen molar-refractivity contribution in [2.24, 2.45) is 0 Å². The zero-order valence-corrected chi connectivity index (χ0v) is 9.43. The number of rotatable bonds is 2. The smallest absolute Gasteiger partial charge is 0.266 e. The Morgan fingerprint density at radius 3 is 3.25 bits per heavy atom. The Bertz CT molecular complexity index is 515. The van der Waals surface area contributed by atoms with E-state index < -0.39 is 0 Å². The fraction of sp³-hybridized carbons (Fsp3) is 0.273. The SMILES string of the molecule is O=C(Nc1n[nH]c2c1CCC2)c1cccs1. The molecule has 1 aliphatic carbocycles. The highest BCUT2D eigenvalue weighted by atomic mass is 32.1. The molecule has 2 aromatic heterocycles. The average Bonchev–Trinajstić information content (AvgIpc) is 2.94. The van der Waals surface area contributed by atoms with E-state index in [4.69, 9.17) is 0 Å². The highest BCUT2D eigenvalue weighted by Crippen LogP contribution is 2.26. The minimum atomic E-state index is -0.0730. The molecule has 4 nitrogen and oxygen atoms in total.